The summed E-state index contributed by atoms with van der Waals surface area (Å²) >= 11 is 0. The van der Waals surface area contributed by atoms with Crippen molar-refractivity contribution in [2.24, 2.45) is 0 Å². The summed E-state index contributed by atoms with van der Waals surface area (Å²) in [6.45, 7) is 8.06. The number of tetrazole rings is 1. The van der Waals surface area contributed by atoms with Gasteiger partial charge in [0.15, 0.2) is 5.82 Å². The van der Waals surface area contributed by atoms with Crippen LogP contribution in [0, 0.1) is 0 Å². The van der Waals surface area contributed by atoms with Crippen molar-refractivity contribution in [1.82, 2.24) is 25.5 Å². The predicted octanol–water partition coefficient (Wildman–Crippen LogP) is 2.15. The average Bonchev–Trinajstić information content (AvgIpc) is 2.93. The molecule has 5 heteroatoms. The summed E-state index contributed by atoms with van der Waals surface area (Å²) in [4.78, 5) is 0. The molecule has 1 heterocycles. The molecule has 1 aromatic carbocycles. The van der Waals surface area contributed by atoms with Crippen molar-refractivity contribution < 1.29 is 0 Å². The average molecular weight is 273 g/mol. The summed E-state index contributed by atoms with van der Waals surface area (Å²) in [6.07, 6.45) is 2.02. The zero-order chi connectivity index (χ0) is 14.4. The molecule has 2 aromatic rings. The van der Waals surface area contributed by atoms with Crippen LogP contribution < -0.4 is 5.32 Å². The molecule has 108 valence electrons. The van der Waals surface area contributed by atoms with Gasteiger partial charge in [0.1, 0.15) is 0 Å². The first-order chi connectivity index (χ1) is 9.63. The third-order valence-corrected chi connectivity index (χ3v) is 3.51. The SMILES string of the molecule is CCNCc1nnnn1C(C)(C)CCc1ccccc1. The second kappa shape index (κ2) is 6.61. The number of benzene rings is 1. The van der Waals surface area contributed by atoms with Gasteiger partial charge < -0.3 is 5.32 Å². The summed E-state index contributed by atoms with van der Waals surface area (Å²) in [5.74, 6) is 0.893. The molecule has 0 aliphatic rings. The van der Waals surface area contributed by atoms with E-state index < -0.39 is 0 Å². The molecule has 0 unspecified atom stereocenters. The quantitative estimate of drug-likeness (QED) is 0.840. The fourth-order valence-corrected chi connectivity index (χ4v) is 2.22. The van der Waals surface area contributed by atoms with E-state index in [1.807, 2.05) is 10.7 Å². The van der Waals surface area contributed by atoms with Crippen LogP contribution in [0.2, 0.25) is 0 Å². The molecule has 0 amide bonds. The number of hydrogen-bond acceptors (Lipinski definition) is 4. The maximum absolute atomic E-state index is 4.17. The van der Waals surface area contributed by atoms with Gasteiger partial charge in [-0.1, -0.05) is 37.3 Å². The van der Waals surface area contributed by atoms with Crippen molar-refractivity contribution in [3.8, 4) is 0 Å². The van der Waals surface area contributed by atoms with E-state index in [4.69, 9.17) is 0 Å². The first kappa shape index (κ1) is 14.7. The highest BCUT2D eigenvalue weighted by Gasteiger charge is 2.24. The fraction of sp³-hybridized carbons (Fsp3) is 0.533. The predicted molar refractivity (Wildman–Crippen MR) is 79.3 cm³/mol. The molecule has 2 rings (SSSR count). The molecule has 0 aliphatic heterocycles. The van der Waals surface area contributed by atoms with Gasteiger partial charge in [0.2, 0.25) is 0 Å². The highest BCUT2D eigenvalue weighted by molar-refractivity contribution is 5.15. The molecule has 20 heavy (non-hydrogen) atoms. The van der Waals surface area contributed by atoms with Crippen LogP contribution in [0.3, 0.4) is 0 Å². The molecule has 5 nitrogen and oxygen atoms in total. The van der Waals surface area contributed by atoms with E-state index in [2.05, 4.69) is 65.9 Å². The first-order valence-electron chi connectivity index (χ1n) is 7.16. The molecule has 0 bridgehead atoms. The molecule has 0 atom stereocenters. The van der Waals surface area contributed by atoms with Gasteiger partial charge in [0.05, 0.1) is 12.1 Å². The van der Waals surface area contributed by atoms with Crippen LogP contribution in [0.1, 0.15) is 38.6 Å². The number of nitrogens with one attached hydrogen (secondary N) is 1. The standard InChI is InChI=1S/C15H23N5/c1-4-16-12-14-17-18-19-20(14)15(2,3)11-10-13-8-6-5-7-9-13/h5-9,16H,4,10-12H2,1-3H3. The Hall–Kier alpha value is -1.75. The van der Waals surface area contributed by atoms with E-state index in [0.29, 0.717) is 6.54 Å². The number of aryl methyl sites for hydroxylation is 1. The van der Waals surface area contributed by atoms with E-state index in [1.165, 1.54) is 5.56 Å². The Balaban J connectivity index is 2.04. The van der Waals surface area contributed by atoms with Gasteiger partial charge in [-0.15, -0.1) is 5.10 Å². The second-order valence-electron chi connectivity index (χ2n) is 5.59. The molecular weight excluding hydrogens is 250 g/mol. The number of nitrogens with zero attached hydrogens (tertiary/aromatic N) is 4. The number of hydrogen-bond donors (Lipinski definition) is 1. The van der Waals surface area contributed by atoms with E-state index in [0.717, 1.165) is 25.2 Å². The summed E-state index contributed by atoms with van der Waals surface area (Å²) in [7, 11) is 0. The lowest BCUT2D eigenvalue weighted by molar-refractivity contribution is 0.278. The minimum atomic E-state index is -0.0932. The van der Waals surface area contributed by atoms with Crippen molar-refractivity contribution in [2.45, 2.75) is 45.7 Å². The van der Waals surface area contributed by atoms with Gasteiger partial charge >= 0.3 is 0 Å². The van der Waals surface area contributed by atoms with Gasteiger partial charge in [-0.3, -0.25) is 0 Å². The Kier molecular flexibility index (Phi) is 4.84. The topological polar surface area (TPSA) is 55.6 Å². The van der Waals surface area contributed by atoms with Crippen molar-refractivity contribution in [3.05, 3.63) is 41.7 Å². The van der Waals surface area contributed by atoms with Crippen molar-refractivity contribution in [3.63, 3.8) is 0 Å². The minimum Gasteiger partial charge on any atom is -0.310 e. The van der Waals surface area contributed by atoms with E-state index in [-0.39, 0.29) is 5.54 Å². The maximum atomic E-state index is 4.17. The summed E-state index contributed by atoms with van der Waals surface area (Å²) in [5.41, 5.74) is 1.26. The number of aromatic nitrogens is 4. The summed E-state index contributed by atoms with van der Waals surface area (Å²) in [5, 5.41) is 15.4. The van der Waals surface area contributed by atoms with Crippen LogP contribution in [-0.2, 0) is 18.5 Å². The van der Waals surface area contributed by atoms with Crippen LogP contribution in [0.5, 0.6) is 0 Å². The van der Waals surface area contributed by atoms with Gasteiger partial charge in [0, 0.05) is 0 Å². The molecule has 0 saturated carbocycles. The normalized spacial score (nSPS) is 11.8. The highest BCUT2D eigenvalue weighted by Crippen LogP contribution is 2.22. The fourth-order valence-electron chi connectivity index (χ4n) is 2.22. The molecule has 0 fully saturated rings. The highest BCUT2D eigenvalue weighted by atomic mass is 15.6. The Morgan fingerprint density at radius 2 is 1.95 bits per heavy atom. The summed E-state index contributed by atoms with van der Waals surface area (Å²) < 4.78 is 1.94. The lowest BCUT2D eigenvalue weighted by atomic mass is 9.95. The van der Waals surface area contributed by atoms with E-state index in [1.54, 1.807) is 0 Å². The van der Waals surface area contributed by atoms with Gasteiger partial charge in [-0.05, 0) is 49.2 Å². The van der Waals surface area contributed by atoms with Crippen LogP contribution >= 0.6 is 0 Å². The molecule has 0 radical (unpaired) electrons. The lowest BCUT2D eigenvalue weighted by Gasteiger charge is -2.26. The lowest BCUT2D eigenvalue weighted by Crippen LogP contribution is -2.31. The van der Waals surface area contributed by atoms with Crippen LogP contribution in [-0.4, -0.2) is 26.8 Å². The van der Waals surface area contributed by atoms with E-state index in [9.17, 15) is 0 Å². The second-order valence-corrected chi connectivity index (χ2v) is 5.59. The molecular formula is C15H23N5. The van der Waals surface area contributed by atoms with Crippen LogP contribution in [0.4, 0.5) is 0 Å². The van der Waals surface area contributed by atoms with Crippen LogP contribution in [0.15, 0.2) is 30.3 Å². The Bertz CT molecular complexity index is 518. The Morgan fingerprint density at radius 3 is 2.65 bits per heavy atom. The molecule has 0 aliphatic carbocycles. The third-order valence-electron chi connectivity index (χ3n) is 3.51. The maximum Gasteiger partial charge on any atom is 0.165 e. The zero-order valence-electron chi connectivity index (χ0n) is 12.5. The van der Waals surface area contributed by atoms with Crippen molar-refractivity contribution in [2.75, 3.05) is 6.54 Å². The Labute approximate surface area is 120 Å². The smallest absolute Gasteiger partial charge is 0.165 e. The monoisotopic (exact) mass is 273 g/mol. The molecule has 0 spiro atoms. The molecule has 1 aromatic heterocycles. The van der Waals surface area contributed by atoms with E-state index >= 15 is 0 Å². The largest absolute Gasteiger partial charge is 0.310 e. The van der Waals surface area contributed by atoms with Gasteiger partial charge in [-0.2, -0.15) is 0 Å². The van der Waals surface area contributed by atoms with Gasteiger partial charge in [0.25, 0.3) is 0 Å². The Morgan fingerprint density at radius 1 is 1.20 bits per heavy atom. The first-order valence-corrected chi connectivity index (χ1v) is 7.16. The van der Waals surface area contributed by atoms with Gasteiger partial charge in [-0.25, -0.2) is 4.68 Å². The van der Waals surface area contributed by atoms with Crippen molar-refractivity contribution in [1.29, 1.82) is 0 Å². The zero-order valence-corrected chi connectivity index (χ0v) is 12.5. The van der Waals surface area contributed by atoms with Crippen molar-refractivity contribution >= 4 is 0 Å². The number of rotatable bonds is 7. The minimum absolute atomic E-state index is 0.0932. The molecule has 0 saturated heterocycles. The van der Waals surface area contributed by atoms with Crippen LogP contribution in [0.25, 0.3) is 0 Å². The summed E-state index contributed by atoms with van der Waals surface area (Å²) in [6, 6.07) is 10.5. The third kappa shape index (κ3) is 3.63. The molecule has 1 N–H and O–H groups in total.